The van der Waals surface area contributed by atoms with E-state index in [-0.39, 0.29) is 0 Å². The monoisotopic (exact) mass is 70.0 g/mol. The van der Waals surface area contributed by atoms with Crippen LogP contribution >= 0.6 is 12.1 Å². The van der Waals surface area contributed by atoms with E-state index in [0.717, 1.165) is 0 Å². The van der Waals surface area contributed by atoms with Crippen molar-refractivity contribution in [1.82, 2.24) is 0 Å². The van der Waals surface area contributed by atoms with Gasteiger partial charge < -0.3 is 0 Å². The summed E-state index contributed by atoms with van der Waals surface area (Å²) in [6.45, 7) is 2.83. The van der Waals surface area contributed by atoms with Crippen LogP contribution in [0.2, 0.25) is 0 Å². The Balaban J connectivity index is 0. The van der Waals surface area contributed by atoms with Crippen LogP contribution in [0.1, 0.15) is 0 Å². The third-order valence-electron chi connectivity index (χ3n) is 0. The standard InChI is InChI=1S/B2H4.BHS/c2*1-2/h1-2H2;1H. The molecule has 0 unspecified atom stereocenters. The van der Waals surface area contributed by atoms with Crippen LogP contribution in [0, 0.1) is 0 Å². The normalized spacial score (nSPS) is 1.75. The second-order valence-corrected chi connectivity index (χ2v) is 0. The van der Waals surface area contributed by atoms with Gasteiger partial charge in [0.25, 0.3) is 0 Å². The van der Waals surface area contributed by atoms with Gasteiger partial charge in [-0.25, -0.2) is 0 Å². The SMILES string of the molecule is B=S.BB. The first-order chi connectivity index (χ1) is 2.00. The Morgan fingerprint density at radius 1 is 1.25 bits per heavy atom. The molecule has 4 heteroatoms. The van der Waals surface area contributed by atoms with Crippen molar-refractivity contribution >= 4 is 34.3 Å². The van der Waals surface area contributed by atoms with Crippen LogP contribution in [0.5, 0.6) is 0 Å². The number of rotatable bonds is 0. The van der Waals surface area contributed by atoms with Crippen molar-refractivity contribution in [2.45, 2.75) is 0 Å². The molecule has 0 saturated carbocycles. The Morgan fingerprint density at radius 2 is 1.25 bits per heavy atom. The van der Waals surface area contributed by atoms with Crippen molar-refractivity contribution in [3.05, 3.63) is 0 Å². The minimum atomic E-state index is 2.00. The molecule has 0 aromatic carbocycles. The van der Waals surface area contributed by atoms with Crippen molar-refractivity contribution in [2.24, 2.45) is 0 Å². The maximum absolute atomic E-state index is 3.83. The zero-order chi connectivity index (χ0) is 4.00. The maximum Gasteiger partial charge on any atom is 0.0643 e. The van der Waals surface area contributed by atoms with E-state index in [1.807, 2.05) is 15.5 Å². The Bertz CT molecular complexity index is 3.25. The summed E-state index contributed by atoms with van der Waals surface area (Å²) in [7, 11) is 4.00. The van der Waals surface area contributed by atoms with Crippen LogP contribution in [0.15, 0.2) is 0 Å². The maximum atomic E-state index is 3.83. The van der Waals surface area contributed by atoms with E-state index >= 15 is 0 Å². The fourth-order valence-electron chi connectivity index (χ4n) is 0. The Kier molecular flexibility index (Phi) is 255. The number of hydrogen-bond donors (Lipinski definition) is 0. The molecule has 0 saturated heterocycles. The molecule has 0 amide bonds. The van der Waals surface area contributed by atoms with Gasteiger partial charge in [0.15, 0.2) is 0 Å². The molecule has 0 spiro atoms. The van der Waals surface area contributed by atoms with Gasteiger partial charge in [0.05, 0.1) is 15.5 Å². The molecular weight excluding hydrogens is 64.5 g/mol. The zero-order valence-corrected chi connectivity index (χ0v) is 3.93. The second kappa shape index (κ2) is 116. The van der Waals surface area contributed by atoms with Crippen LogP contribution in [0.4, 0.5) is 0 Å². The predicted molar refractivity (Wildman–Crippen MR) is 31.8 cm³/mol. The van der Waals surface area contributed by atoms with Crippen molar-refractivity contribution in [3.63, 3.8) is 0 Å². The summed E-state index contributed by atoms with van der Waals surface area (Å²) in [6, 6.07) is 0. The van der Waals surface area contributed by atoms with Crippen molar-refractivity contribution in [1.29, 1.82) is 0 Å². The molecule has 0 N–H and O–H groups in total. The van der Waals surface area contributed by atoms with Gasteiger partial charge in [0.1, 0.15) is 0 Å². The topological polar surface area (TPSA) is 0 Å². The van der Waals surface area contributed by atoms with E-state index in [0.29, 0.717) is 0 Å². The molecule has 0 atom stereocenters. The van der Waals surface area contributed by atoms with Crippen molar-refractivity contribution in [2.75, 3.05) is 0 Å². The Labute approximate surface area is 35.0 Å². The molecule has 20 valence electrons. The van der Waals surface area contributed by atoms with E-state index in [1.54, 1.807) is 0 Å². The summed E-state index contributed by atoms with van der Waals surface area (Å²) >= 11 is 3.83. The van der Waals surface area contributed by atoms with Gasteiger partial charge in [-0.3, -0.25) is 0 Å². The number of hydrogen-bond acceptors (Lipinski definition) is 1. The summed E-state index contributed by atoms with van der Waals surface area (Å²) < 4.78 is 0. The van der Waals surface area contributed by atoms with Crippen molar-refractivity contribution < 1.29 is 0 Å². The molecular formula is H5B3S. The molecule has 0 heterocycles. The van der Waals surface area contributed by atoms with Crippen LogP contribution in [0.25, 0.3) is 0 Å². The first-order valence-corrected chi connectivity index (χ1v) is 1.87. The van der Waals surface area contributed by atoms with E-state index in [9.17, 15) is 0 Å². The third-order valence-corrected chi connectivity index (χ3v) is 0. The van der Waals surface area contributed by atoms with Gasteiger partial charge in [-0.1, -0.05) is 0 Å². The van der Waals surface area contributed by atoms with Crippen LogP contribution < -0.4 is 0 Å². The molecule has 0 fully saturated rings. The van der Waals surface area contributed by atoms with Gasteiger partial charge >= 0.3 is 18.8 Å². The second-order valence-electron chi connectivity index (χ2n) is 0. The zero-order valence-electron chi connectivity index (χ0n) is 3.12. The van der Waals surface area contributed by atoms with Crippen LogP contribution in [-0.2, 0) is 0 Å². The molecule has 0 aromatic heterocycles. The van der Waals surface area contributed by atoms with Gasteiger partial charge in [-0.05, 0) is 0 Å². The van der Waals surface area contributed by atoms with Gasteiger partial charge in [0.2, 0.25) is 0 Å². The molecule has 0 nitrogen and oxygen atoms in total. The first kappa shape index (κ1) is 8.83. The van der Waals surface area contributed by atoms with Crippen molar-refractivity contribution in [3.8, 4) is 0 Å². The molecule has 0 aliphatic heterocycles. The average molecular weight is 69.5 g/mol. The molecule has 0 bridgehead atoms. The third kappa shape index (κ3) is 28.1. The molecule has 0 aliphatic carbocycles. The summed E-state index contributed by atoms with van der Waals surface area (Å²) in [5.74, 6) is 0. The van der Waals surface area contributed by atoms with E-state index in [2.05, 4.69) is 18.8 Å². The Morgan fingerprint density at radius 3 is 1.25 bits per heavy atom. The van der Waals surface area contributed by atoms with Crippen LogP contribution in [-0.4, -0.2) is 22.2 Å². The molecule has 0 rings (SSSR count). The summed E-state index contributed by atoms with van der Waals surface area (Å²) in [4.78, 5) is 0. The minimum Gasteiger partial charge on any atom is 0.0643 e. The smallest absolute Gasteiger partial charge is 0.0643 e. The van der Waals surface area contributed by atoms with E-state index in [4.69, 9.17) is 0 Å². The molecule has 0 aromatic rings. The summed E-state index contributed by atoms with van der Waals surface area (Å²) in [5.41, 5.74) is 0. The molecule has 0 radical (unpaired) electrons. The van der Waals surface area contributed by atoms with Gasteiger partial charge in [0, 0.05) is 0 Å². The quantitative estimate of drug-likeness (QED) is 0.302. The van der Waals surface area contributed by atoms with E-state index in [1.165, 1.54) is 0 Å². The first-order valence-electron chi connectivity index (χ1n) is 1.29. The minimum absolute atomic E-state index is 2.00. The fourth-order valence-corrected chi connectivity index (χ4v) is 0. The fraction of sp³-hybridized carbons (Fsp3) is 0. The summed E-state index contributed by atoms with van der Waals surface area (Å²) in [5, 5.41) is 0. The summed E-state index contributed by atoms with van der Waals surface area (Å²) in [6.07, 6.45) is 0. The largest absolute Gasteiger partial charge is 0.0643 e. The Hall–Kier alpha value is 0.415. The van der Waals surface area contributed by atoms with Gasteiger partial charge in [-0.15, -0.1) is 0 Å². The van der Waals surface area contributed by atoms with Crippen LogP contribution in [0.3, 0.4) is 0 Å². The predicted octanol–water partition coefficient (Wildman–Crippen LogP) is -1.83. The average Bonchev–Trinajstić information content (AvgIpc) is 1.50. The molecule has 4 heavy (non-hydrogen) atoms. The van der Waals surface area contributed by atoms with Gasteiger partial charge in [-0.2, -0.15) is 0 Å². The molecule has 0 aliphatic rings. The van der Waals surface area contributed by atoms with E-state index < -0.39 is 0 Å².